The molecule has 0 fully saturated rings. The Bertz CT molecular complexity index is 6780. The van der Waals surface area contributed by atoms with Crippen LogP contribution in [0.3, 0.4) is 0 Å². The molecule has 6 radical (unpaired) electrons. The summed E-state index contributed by atoms with van der Waals surface area (Å²) in [6, 6.07) is 46.8. The van der Waals surface area contributed by atoms with Gasteiger partial charge in [0.05, 0.1) is 46.3 Å². The van der Waals surface area contributed by atoms with E-state index in [1.54, 1.807) is 81.0 Å². The average Bonchev–Trinajstić information content (AvgIpc) is 0.757. The Balaban J connectivity index is 0.000000354. The Morgan fingerprint density at radius 3 is 0.986 bits per heavy atom. The molecule has 6 heterocycles. The first-order valence-corrected chi connectivity index (χ1v) is 37.8. The van der Waals surface area contributed by atoms with E-state index < -0.39 is 174 Å². The zero-order valence-electron chi connectivity index (χ0n) is 70.7. The van der Waals surface area contributed by atoms with E-state index in [2.05, 4.69) is 65.1 Å². The first kappa shape index (κ1) is 121. The third kappa shape index (κ3) is 31.1. The summed E-state index contributed by atoms with van der Waals surface area (Å²) in [7, 11) is 0. The molecular formula is C97H53F30Ir6N7-6. The number of rotatable bonds is 9. The predicted octanol–water partition coefficient (Wildman–Crippen LogP) is 30.5. The molecule has 7 nitrogen and oxygen atoms in total. The Morgan fingerprint density at radius 2 is 0.621 bits per heavy atom. The second kappa shape index (κ2) is 50.7. The summed E-state index contributed by atoms with van der Waals surface area (Å²) in [5.74, 6) is -14.3. The van der Waals surface area contributed by atoms with Crippen LogP contribution in [-0.4, -0.2) is 29.9 Å². The van der Waals surface area contributed by atoms with Gasteiger partial charge in [0, 0.05) is 221 Å². The van der Waals surface area contributed by atoms with Gasteiger partial charge in [-0.1, -0.05) is 154 Å². The molecule has 15 aromatic rings. The molecule has 746 valence electrons. The number of aryl methyl sites for hydroxylation is 6. The van der Waals surface area contributed by atoms with Crippen molar-refractivity contribution in [1.29, 1.82) is 0 Å². The summed E-state index contributed by atoms with van der Waals surface area (Å²) in [5, 5.41) is 0. The monoisotopic (exact) mass is 3040 g/mol. The summed E-state index contributed by atoms with van der Waals surface area (Å²) >= 11 is 0. The van der Waals surface area contributed by atoms with Crippen LogP contribution >= 0.6 is 0 Å². The second-order valence-electron chi connectivity index (χ2n) is 28.5. The van der Waals surface area contributed by atoms with Gasteiger partial charge in [0.1, 0.15) is 0 Å². The van der Waals surface area contributed by atoms with Crippen LogP contribution in [0.1, 0.15) is 66.8 Å². The molecule has 0 spiro atoms. The largest absolute Gasteiger partial charge is 0.416 e. The Morgan fingerprint density at radius 1 is 0.271 bits per heavy atom. The molecule has 140 heavy (non-hydrogen) atoms. The maximum Gasteiger partial charge on any atom is 0.416 e. The first-order chi connectivity index (χ1) is 62.6. The summed E-state index contributed by atoms with van der Waals surface area (Å²) in [5.41, 5.74) is -12.0. The quantitative estimate of drug-likeness (QED) is 0.106. The summed E-state index contributed by atoms with van der Waals surface area (Å²) < 4.78 is 401. The number of alkyl halides is 18. The van der Waals surface area contributed by atoms with Gasteiger partial charge in [-0.3, -0.25) is 52.7 Å². The molecule has 0 saturated carbocycles. The van der Waals surface area contributed by atoms with Crippen LogP contribution in [0, 0.1) is 154 Å². The SMILES string of the molecule is Cc1ccc(-c2[c-]c(C)c(F)c(-c3cc(C(F)(F)F)cc(C(F)(F)F)c3)c2F)nc1.Cc1ccc(-c2[c-]cc(F)c(-c3cc(C(F)(F)F)cc(C(F)(F)F)c3)c2F)nc1.Cc1ccnc(-c2[c-]c(C(F)(F)F)c(F)c(C(F)(F)F)c2F)c1.Cc1ccnc(-c2[c-]cc(F)cc2F)c1.Fc1c[c-]c(-c2ccccn2)c(F)c1.[C-]#[N+]c1ccc(-c2c(F)c[c-]c(-c3cc(C)ccn3)c2F)cc1.[Ir].[Ir].[Ir].[Ir].[Ir].[Ir]. The molecule has 0 N–H and O–H groups in total. The smallest absolute Gasteiger partial charge is 0.305 e. The number of hydrogen-bond acceptors (Lipinski definition) is 6. The van der Waals surface area contributed by atoms with Gasteiger partial charge < -0.3 is 29.9 Å². The molecule has 0 bridgehead atoms. The zero-order valence-corrected chi connectivity index (χ0v) is 85.0. The van der Waals surface area contributed by atoms with Crippen molar-refractivity contribution in [3.05, 3.63) is 397 Å². The number of benzene rings is 9. The van der Waals surface area contributed by atoms with E-state index in [0.717, 1.165) is 64.8 Å². The van der Waals surface area contributed by atoms with Crippen LogP contribution in [0.2, 0.25) is 0 Å². The molecule has 0 atom stereocenters. The van der Waals surface area contributed by atoms with Crippen LogP contribution in [0.15, 0.2) is 213 Å². The molecule has 0 saturated heterocycles. The molecule has 0 aliphatic rings. The zero-order chi connectivity index (χ0) is 98.8. The summed E-state index contributed by atoms with van der Waals surface area (Å²) in [6.07, 6.45) is -23.2. The number of pyridine rings is 6. The van der Waals surface area contributed by atoms with Crippen molar-refractivity contribution in [2.45, 2.75) is 78.6 Å². The van der Waals surface area contributed by atoms with E-state index in [0.29, 0.717) is 40.0 Å². The minimum absolute atomic E-state index is 0. The standard InChI is InChI=1S/C21H12F8N.C20H10F8N.C19H11F2N2.C14H6F8N.C12H8F2N.C11H6F2N.6Ir/c1-10-3-4-16(30-9-10)15-5-11(2)18(22)17(19(15)23)12-6-13(20(24,25)26)8-14(7-12)21(27,28)29;1-10-2-5-16(29-9-10)14-3-4-15(21)17(18(14)22)11-6-12(19(23,24)25)8-13(7-11)20(26,27)28;1-12-9-10-23-17(11-12)15-7-8-16(20)18(19(15)21)13-3-5-14(22-2)6-4-13;1-6-2-3-23-9(4-6)7-5-8(13(17,18)19)12(16)10(11(7)15)14(20,21)22;1-8-4-5-15-12(6-8)10-3-2-9(13)7-11(10)14;12-8-4-5-9(10(13)7-8)11-3-1-2-6-14-11;;;;;;/h3-4,6-9H,1-2H3;2,4-9H,1H3;3-6,8-11H,1H3;2-4H,1H3;2,4-7H,1H3;1-4,6-7H;;;;;;/q6*-1;;;;;;. The number of nitrogens with zero attached hydrogens (tertiary/aromatic N) is 7. The molecule has 6 aromatic heterocycles. The van der Waals surface area contributed by atoms with Crippen LogP contribution in [0.4, 0.5) is 137 Å². The normalized spacial score (nSPS) is 11.1. The molecular weight excluding hydrogens is 2990 g/mol. The van der Waals surface area contributed by atoms with Crippen LogP contribution < -0.4 is 0 Å². The van der Waals surface area contributed by atoms with Crippen molar-refractivity contribution in [3.63, 3.8) is 0 Å². The van der Waals surface area contributed by atoms with Gasteiger partial charge in [-0.2, -0.15) is 79.0 Å². The third-order valence-electron chi connectivity index (χ3n) is 18.6. The number of aromatic nitrogens is 6. The van der Waals surface area contributed by atoms with E-state index >= 15 is 4.39 Å². The number of hydrogen-bond donors (Lipinski definition) is 0. The molecule has 0 aliphatic carbocycles. The number of halogens is 30. The summed E-state index contributed by atoms with van der Waals surface area (Å²) in [4.78, 5) is 26.8. The minimum Gasteiger partial charge on any atom is -0.305 e. The van der Waals surface area contributed by atoms with E-state index in [4.69, 9.17) is 6.57 Å². The van der Waals surface area contributed by atoms with Gasteiger partial charge in [-0.15, -0.1) is 60.7 Å². The third-order valence-corrected chi connectivity index (χ3v) is 18.6. The minimum atomic E-state index is -5.65. The fourth-order valence-corrected chi connectivity index (χ4v) is 12.2. The molecule has 0 unspecified atom stereocenters. The average molecular weight is 3040 g/mol. The van der Waals surface area contributed by atoms with Crippen molar-refractivity contribution < 1.29 is 252 Å². The van der Waals surface area contributed by atoms with Crippen LogP contribution in [0.5, 0.6) is 0 Å². The Labute approximate surface area is 858 Å². The Hall–Kier alpha value is -10.8. The maximum absolute atomic E-state index is 15.2. The molecule has 0 aliphatic heterocycles. The second-order valence-corrected chi connectivity index (χ2v) is 28.5. The van der Waals surface area contributed by atoms with Crippen molar-refractivity contribution >= 4 is 5.69 Å². The van der Waals surface area contributed by atoms with E-state index in [-0.39, 0.29) is 207 Å². The van der Waals surface area contributed by atoms with E-state index in [9.17, 15) is 127 Å². The van der Waals surface area contributed by atoms with E-state index in [1.807, 2.05) is 19.9 Å². The fraction of sp³-hybridized carbons (Fsp3) is 0.124. The summed E-state index contributed by atoms with van der Waals surface area (Å²) in [6.45, 7) is 16.7. The first-order valence-electron chi connectivity index (χ1n) is 37.8. The molecule has 43 heteroatoms. The topological polar surface area (TPSA) is 81.7 Å². The van der Waals surface area contributed by atoms with Gasteiger partial charge in [-0.05, 0) is 174 Å². The van der Waals surface area contributed by atoms with Gasteiger partial charge in [-0.25, -0.2) is 4.85 Å². The van der Waals surface area contributed by atoms with Gasteiger partial charge in [0.15, 0.2) is 5.69 Å². The maximum atomic E-state index is 15.2. The van der Waals surface area contributed by atoms with Gasteiger partial charge >= 0.3 is 37.1 Å². The fourth-order valence-electron chi connectivity index (χ4n) is 12.2. The molecule has 15 rings (SSSR count). The molecule has 9 aromatic carbocycles. The van der Waals surface area contributed by atoms with Crippen LogP contribution in [0.25, 0.3) is 106 Å². The molecule has 0 amide bonds. The van der Waals surface area contributed by atoms with Crippen molar-refractivity contribution in [2.24, 2.45) is 0 Å². The van der Waals surface area contributed by atoms with Crippen molar-refractivity contribution in [1.82, 2.24) is 29.9 Å². The van der Waals surface area contributed by atoms with Crippen LogP contribution in [-0.2, 0) is 158 Å². The predicted molar refractivity (Wildman–Crippen MR) is 432 cm³/mol. The van der Waals surface area contributed by atoms with Gasteiger partial charge in [0.2, 0.25) is 0 Å². The van der Waals surface area contributed by atoms with Crippen molar-refractivity contribution in [3.8, 4) is 101 Å². The van der Waals surface area contributed by atoms with E-state index in [1.165, 1.54) is 74.8 Å². The van der Waals surface area contributed by atoms with Gasteiger partial charge in [0.25, 0.3) is 0 Å². The Kier molecular flexibility index (Phi) is 44.0. The van der Waals surface area contributed by atoms with Crippen molar-refractivity contribution in [2.75, 3.05) is 0 Å².